The molecule has 0 spiro atoms. The highest BCUT2D eigenvalue weighted by molar-refractivity contribution is 4.92. The van der Waals surface area contributed by atoms with Crippen molar-refractivity contribution < 1.29 is 0 Å². The van der Waals surface area contributed by atoms with Crippen LogP contribution in [0.15, 0.2) is 0 Å². The van der Waals surface area contributed by atoms with Gasteiger partial charge in [0.2, 0.25) is 0 Å². The summed E-state index contributed by atoms with van der Waals surface area (Å²) in [5, 5.41) is 0. The highest BCUT2D eigenvalue weighted by atomic mass is 14.5. The average molecular weight is 343 g/mol. The van der Waals surface area contributed by atoms with Gasteiger partial charge in [0.15, 0.2) is 0 Å². The minimum atomic E-state index is 0.375. The van der Waals surface area contributed by atoms with Gasteiger partial charge >= 0.3 is 0 Å². The highest BCUT2D eigenvalue weighted by Gasteiger charge is 2.43. The predicted octanol–water partition coefficient (Wildman–Crippen LogP) is 9.24. The van der Waals surface area contributed by atoms with Gasteiger partial charge in [0, 0.05) is 0 Å². The van der Waals surface area contributed by atoms with E-state index in [0.717, 1.165) is 0 Å². The van der Waals surface area contributed by atoms with Crippen LogP contribution in [0, 0.1) is 32.5 Å². The first-order valence-corrected chi connectivity index (χ1v) is 10.0. The van der Waals surface area contributed by atoms with Gasteiger partial charge in [-0.05, 0) is 32.5 Å². The van der Waals surface area contributed by atoms with Crippen LogP contribution in [0.5, 0.6) is 0 Å². The van der Waals surface area contributed by atoms with Gasteiger partial charge < -0.3 is 0 Å². The van der Waals surface area contributed by atoms with Gasteiger partial charge in [-0.1, -0.05) is 125 Å². The van der Waals surface area contributed by atoms with Crippen LogP contribution < -0.4 is 0 Å². The largest absolute Gasteiger partial charge is 0.0683 e. The van der Waals surface area contributed by atoms with Crippen LogP contribution in [0.3, 0.4) is 0 Å². The van der Waals surface area contributed by atoms with Gasteiger partial charge in [-0.25, -0.2) is 0 Å². The van der Waals surface area contributed by atoms with Crippen LogP contribution in [-0.4, -0.2) is 0 Å². The van der Waals surface area contributed by atoms with Crippen molar-refractivity contribution in [1.29, 1.82) is 0 Å². The van der Waals surface area contributed by atoms with Gasteiger partial charge in [-0.15, -0.1) is 0 Å². The van der Waals surface area contributed by atoms with E-state index >= 15 is 0 Å². The zero-order valence-electron chi connectivity index (χ0n) is 21.0. The Morgan fingerprint density at radius 2 is 0.333 bits per heavy atom. The summed E-state index contributed by atoms with van der Waals surface area (Å²) in [4.78, 5) is 0. The molecule has 0 aromatic carbocycles. The van der Waals surface area contributed by atoms with Crippen molar-refractivity contribution in [3.8, 4) is 0 Å². The molecule has 0 aliphatic carbocycles. The van der Waals surface area contributed by atoms with E-state index in [9.17, 15) is 0 Å². The van der Waals surface area contributed by atoms with Crippen molar-refractivity contribution in [2.24, 2.45) is 32.5 Å². The molecule has 0 fully saturated rings. The van der Waals surface area contributed by atoms with E-state index in [4.69, 9.17) is 0 Å². The molecular weight excluding hydrogens is 288 g/mol. The van der Waals surface area contributed by atoms with Gasteiger partial charge in [0.25, 0.3) is 0 Å². The fraction of sp³-hybridized carbons (Fsp3) is 1.00. The van der Waals surface area contributed by atoms with E-state index in [1.54, 1.807) is 0 Å². The Hall–Kier alpha value is 0. The van der Waals surface area contributed by atoms with Crippen LogP contribution in [-0.2, 0) is 0 Å². The van der Waals surface area contributed by atoms with Crippen LogP contribution in [0.4, 0.5) is 0 Å². The lowest BCUT2D eigenvalue weighted by Gasteiger charge is -2.49. The Balaban J connectivity index is -0.000000333. The monoisotopic (exact) mass is 342 g/mol. The lowest BCUT2D eigenvalue weighted by molar-refractivity contribution is 0.00566. The molecule has 0 heterocycles. The Labute approximate surface area is 157 Å². The molecule has 0 unspecified atom stereocenters. The van der Waals surface area contributed by atoms with E-state index in [-0.39, 0.29) is 0 Å². The van der Waals surface area contributed by atoms with Gasteiger partial charge in [0.1, 0.15) is 0 Å². The first-order chi connectivity index (χ1) is 10.0. The normalized spacial score (nSPS) is 14.2. The summed E-state index contributed by atoms with van der Waals surface area (Å²) >= 11 is 0. The maximum atomic E-state index is 2.35. The lowest BCUT2D eigenvalue weighted by Crippen LogP contribution is -2.41. The number of rotatable bonds is 0. The molecule has 0 N–H and O–H groups in total. The summed E-state index contributed by atoms with van der Waals surface area (Å²) in [6, 6.07) is 0. The van der Waals surface area contributed by atoms with Crippen molar-refractivity contribution in [3.63, 3.8) is 0 Å². The molecule has 0 aliphatic heterocycles. The smallest absolute Gasteiger partial charge is 0.0257 e. The Morgan fingerprint density at radius 3 is 0.333 bits per heavy atom. The van der Waals surface area contributed by atoms with Crippen molar-refractivity contribution in [2.45, 2.75) is 125 Å². The second-order valence-electron chi connectivity index (χ2n) is 12.2. The summed E-state index contributed by atoms with van der Waals surface area (Å²) in [6.45, 7) is 41.2. The molecule has 0 radical (unpaired) electrons. The third kappa shape index (κ3) is 7.49. The molecule has 0 bridgehead atoms. The van der Waals surface area contributed by atoms with Crippen molar-refractivity contribution in [3.05, 3.63) is 0 Å². The fourth-order valence-electron chi connectivity index (χ4n) is 2.25. The molecular formula is C24H54. The van der Waals surface area contributed by atoms with Crippen LogP contribution in [0.25, 0.3) is 0 Å². The molecule has 24 heavy (non-hydrogen) atoms. The highest BCUT2D eigenvalue weighted by Crippen LogP contribution is 2.51. The van der Waals surface area contributed by atoms with Crippen molar-refractivity contribution in [2.75, 3.05) is 0 Å². The first kappa shape index (κ1) is 28.8. The standard InChI is InChI=1S/2C11H24.C2H6/c2*1-9(2,3)11(7,8)10(4,5)6;1-2/h2*1-8H3;1-2H3. The average Bonchev–Trinajstić information content (AvgIpc) is 2.26. The van der Waals surface area contributed by atoms with Crippen molar-refractivity contribution >= 4 is 0 Å². The van der Waals surface area contributed by atoms with E-state index in [0.29, 0.717) is 32.5 Å². The topological polar surface area (TPSA) is 0 Å². The summed E-state index contributed by atoms with van der Waals surface area (Å²) < 4.78 is 0. The van der Waals surface area contributed by atoms with Crippen LogP contribution in [0.2, 0.25) is 0 Å². The Kier molecular flexibility index (Phi) is 10.3. The van der Waals surface area contributed by atoms with Gasteiger partial charge in [-0.2, -0.15) is 0 Å². The third-order valence-electron chi connectivity index (χ3n) is 7.50. The predicted molar refractivity (Wildman–Crippen MR) is 117 cm³/mol. The second-order valence-corrected chi connectivity index (χ2v) is 12.2. The molecule has 0 aliphatic rings. The summed E-state index contributed by atoms with van der Waals surface area (Å²) in [5.74, 6) is 0. The quantitative estimate of drug-likeness (QED) is 0.411. The molecule has 0 amide bonds. The molecule has 0 atom stereocenters. The number of hydrogen-bond acceptors (Lipinski definition) is 0. The van der Waals surface area contributed by atoms with Crippen LogP contribution >= 0.6 is 0 Å². The molecule has 0 rings (SSSR count). The van der Waals surface area contributed by atoms with Gasteiger partial charge in [-0.3, -0.25) is 0 Å². The SMILES string of the molecule is CC.CC(C)(C)C(C)(C)C(C)(C)C.CC(C)(C)C(C)(C)C(C)(C)C. The van der Waals surface area contributed by atoms with Crippen molar-refractivity contribution in [1.82, 2.24) is 0 Å². The summed E-state index contributed by atoms with van der Waals surface area (Å²) in [5.41, 5.74) is 2.27. The third-order valence-corrected chi connectivity index (χ3v) is 7.50. The Bertz CT molecular complexity index is 258. The zero-order chi connectivity index (χ0) is 21.0. The van der Waals surface area contributed by atoms with Crippen LogP contribution in [0.1, 0.15) is 125 Å². The molecule has 0 nitrogen and oxygen atoms in total. The molecule has 0 aromatic rings. The van der Waals surface area contributed by atoms with Gasteiger partial charge in [0.05, 0.1) is 0 Å². The van der Waals surface area contributed by atoms with E-state index in [1.807, 2.05) is 13.8 Å². The molecule has 0 saturated heterocycles. The Morgan fingerprint density at radius 1 is 0.250 bits per heavy atom. The van der Waals surface area contributed by atoms with E-state index in [1.165, 1.54) is 0 Å². The molecule has 150 valence electrons. The summed E-state index contributed by atoms with van der Waals surface area (Å²) in [6.07, 6.45) is 0. The number of hydrogen-bond donors (Lipinski definition) is 0. The first-order valence-electron chi connectivity index (χ1n) is 10.0. The fourth-order valence-corrected chi connectivity index (χ4v) is 2.25. The van der Waals surface area contributed by atoms with E-state index < -0.39 is 0 Å². The summed E-state index contributed by atoms with van der Waals surface area (Å²) in [7, 11) is 0. The molecule has 0 aromatic heterocycles. The van der Waals surface area contributed by atoms with E-state index in [2.05, 4.69) is 111 Å². The zero-order valence-corrected chi connectivity index (χ0v) is 21.0. The minimum absolute atomic E-state index is 0.375. The molecule has 0 saturated carbocycles. The minimum Gasteiger partial charge on any atom is -0.0683 e. The maximum absolute atomic E-state index is 2.35. The maximum Gasteiger partial charge on any atom is -0.0257 e. The molecule has 0 heteroatoms. The lowest BCUT2D eigenvalue weighted by atomic mass is 9.56. The second kappa shape index (κ2) is 8.59.